The highest BCUT2D eigenvalue weighted by Gasteiger charge is 2.13. The molecule has 0 unspecified atom stereocenters. The van der Waals surface area contributed by atoms with Gasteiger partial charge in [-0.05, 0) is 19.3 Å². The lowest BCUT2D eigenvalue weighted by atomic mass is 10.0. The number of rotatable bonds is 18. The van der Waals surface area contributed by atoms with Crippen LogP contribution in [-0.2, 0) is 19.5 Å². The van der Waals surface area contributed by atoms with Crippen LogP contribution < -0.4 is 4.57 Å². The molecular weight excluding hydrogens is 316 g/mol. The average Bonchev–Trinajstić information content (AvgIpc) is 3.05. The first-order chi connectivity index (χ1) is 12.8. The molecule has 0 radical (unpaired) electrons. The van der Waals surface area contributed by atoms with E-state index in [1.54, 1.807) is 0 Å². The zero-order valence-corrected chi connectivity index (χ0v) is 18.3. The molecule has 152 valence electrons. The molecule has 26 heavy (non-hydrogen) atoms. The molecule has 0 atom stereocenters. The predicted molar refractivity (Wildman–Crippen MR) is 115 cm³/mol. The van der Waals surface area contributed by atoms with Gasteiger partial charge in [-0.25, -0.2) is 9.13 Å². The number of hydrogen-bond donors (Lipinski definition) is 0. The lowest BCUT2D eigenvalue weighted by Gasteiger charge is -2.04. The number of unbranched alkanes of at least 4 members (excludes halogenated alkanes) is 13. The van der Waals surface area contributed by atoms with Gasteiger partial charge in [0.1, 0.15) is 12.4 Å². The predicted octanol–water partition coefficient (Wildman–Crippen LogP) is 7.23. The molecule has 0 saturated heterocycles. The van der Waals surface area contributed by atoms with Crippen molar-refractivity contribution in [2.75, 3.05) is 0 Å². The standard InChI is InChI=1S/C24H47N2/c1-4-7-9-10-11-12-13-14-15-16-17-18-19-21-26-23-22-25(20-8-5-2)24(26)6-3/h22-23H,4-21H2,1-3H3/q+1. The molecule has 0 aliphatic rings. The molecule has 1 heterocycles. The Morgan fingerprint density at radius 2 is 1.15 bits per heavy atom. The molecule has 2 heteroatoms. The summed E-state index contributed by atoms with van der Waals surface area (Å²) in [5, 5.41) is 0. The number of hydrogen-bond acceptors (Lipinski definition) is 0. The Balaban J connectivity index is 1.98. The molecule has 0 bridgehead atoms. The molecule has 0 aliphatic carbocycles. The van der Waals surface area contributed by atoms with Crippen LogP contribution in [0.1, 0.15) is 123 Å². The lowest BCUT2D eigenvalue weighted by Crippen LogP contribution is -2.37. The van der Waals surface area contributed by atoms with Crippen LogP contribution in [0.2, 0.25) is 0 Å². The van der Waals surface area contributed by atoms with Crippen molar-refractivity contribution >= 4 is 0 Å². The summed E-state index contributed by atoms with van der Waals surface area (Å²) in [6, 6.07) is 0. The smallest absolute Gasteiger partial charge is 0.234 e. The third-order valence-corrected chi connectivity index (χ3v) is 5.66. The molecular formula is C24H47N2+. The highest BCUT2D eigenvalue weighted by Crippen LogP contribution is 2.12. The zero-order chi connectivity index (χ0) is 18.9. The van der Waals surface area contributed by atoms with E-state index in [1.165, 1.54) is 115 Å². The van der Waals surface area contributed by atoms with Gasteiger partial charge in [0.2, 0.25) is 0 Å². The van der Waals surface area contributed by atoms with E-state index in [-0.39, 0.29) is 0 Å². The fraction of sp³-hybridized carbons (Fsp3) is 0.875. The molecule has 1 aromatic heterocycles. The second kappa shape index (κ2) is 16.4. The second-order valence-electron chi connectivity index (χ2n) is 8.05. The van der Waals surface area contributed by atoms with Crippen LogP contribution in [-0.4, -0.2) is 4.57 Å². The fourth-order valence-corrected chi connectivity index (χ4v) is 3.94. The minimum absolute atomic E-state index is 1.15. The first-order valence-corrected chi connectivity index (χ1v) is 11.9. The fourth-order valence-electron chi connectivity index (χ4n) is 3.94. The molecule has 2 nitrogen and oxygen atoms in total. The Morgan fingerprint density at radius 1 is 0.654 bits per heavy atom. The molecule has 0 aromatic carbocycles. The average molecular weight is 364 g/mol. The molecule has 0 aliphatic heterocycles. The minimum Gasteiger partial charge on any atom is -0.234 e. The van der Waals surface area contributed by atoms with Gasteiger partial charge in [-0.1, -0.05) is 97.8 Å². The van der Waals surface area contributed by atoms with Crippen LogP contribution in [0.3, 0.4) is 0 Å². The summed E-state index contributed by atoms with van der Waals surface area (Å²) >= 11 is 0. The summed E-state index contributed by atoms with van der Waals surface area (Å²) in [5.74, 6) is 1.51. The molecule has 0 N–H and O–H groups in total. The van der Waals surface area contributed by atoms with Gasteiger partial charge in [0.25, 0.3) is 5.82 Å². The van der Waals surface area contributed by atoms with Gasteiger partial charge in [0.15, 0.2) is 0 Å². The van der Waals surface area contributed by atoms with Crippen LogP contribution in [0, 0.1) is 0 Å². The highest BCUT2D eigenvalue weighted by atomic mass is 15.1. The molecule has 0 spiro atoms. The van der Waals surface area contributed by atoms with Crippen molar-refractivity contribution in [3.63, 3.8) is 0 Å². The van der Waals surface area contributed by atoms with E-state index in [0.29, 0.717) is 0 Å². The van der Waals surface area contributed by atoms with Crippen LogP contribution in [0.5, 0.6) is 0 Å². The van der Waals surface area contributed by atoms with Crippen molar-refractivity contribution in [2.45, 2.75) is 137 Å². The topological polar surface area (TPSA) is 8.81 Å². The van der Waals surface area contributed by atoms with Crippen molar-refractivity contribution in [1.29, 1.82) is 0 Å². The number of aromatic nitrogens is 2. The molecule has 0 saturated carbocycles. The summed E-state index contributed by atoms with van der Waals surface area (Å²) in [7, 11) is 0. The first kappa shape index (κ1) is 23.2. The van der Waals surface area contributed by atoms with Gasteiger partial charge in [-0.3, -0.25) is 0 Å². The summed E-state index contributed by atoms with van der Waals surface area (Å²) < 4.78 is 4.96. The van der Waals surface area contributed by atoms with Gasteiger partial charge in [-0.15, -0.1) is 0 Å². The van der Waals surface area contributed by atoms with E-state index < -0.39 is 0 Å². The Kier molecular flexibility index (Phi) is 14.7. The maximum Gasteiger partial charge on any atom is 0.256 e. The van der Waals surface area contributed by atoms with Crippen molar-refractivity contribution < 1.29 is 4.57 Å². The number of aryl methyl sites for hydroxylation is 2. The summed E-state index contributed by atoms with van der Waals surface area (Å²) in [4.78, 5) is 0. The van der Waals surface area contributed by atoms with E-state index >= 15 is 0 Å². The molecule has 1 rings (SSSR count). The monoisotopic (exact) mass is 363 g/mol. The van der Waals surface area contributed by atoms with E-state index in [0.717, 1.165) is 6.42 Å². The maximum absolute atomic E-state index is 2.49. The molecule has 0 amide bonds. The molecule has 1 aromatic rings. The van der Waals surface area contributed by atoms with Crippen LogP contribution >= 0.6 is 0 Å². The Morgan fingerprint density at radius 3 is 1.65 bits per heavy atom. The van der Waals surface area contributed by atoms with Crippen molar-refractivity contribution in [1.82, 2.24) is 4.57 Å². The van der Waals surface area contributed by atoms with Gasteiger partial charge in [0.05, 0.1) is 13.1 Å². The molecule has 0 fully saturated rings. The van der Waals surface area contributed by atoms with Crippen molar-refractivity contribution in [3.8, 4) is 0 Å². The normalized spacial score (nSPS) is 11.3. The van der Waals surface area contributed by atoms with Crippen LogP contribution in [0.15, 0.2) is 12.4 Å². The number of imidazole rings is 1. The summed E-state index contributed by atoms with van der Waals surface area (Å²) in [5.41, 5.74) is 0. The Hall–Kier alpha value is -0.790. The van der Waals surface area contributed by atoms with Crippen molar-refractivity contribution in [3.05, 3.63) is 18.2 Å². The quantitative estimate of drug-likeness (QED) is 0.192. The third kappa shape index (κ3) is 10.4. The number of nitrogens with zero attached hydrogens (tertiary/aromatic N) is 2. The summed E-state index contributed by atoms with van der Waals surface area (Å²) in [6.45, 7) is 9.26. The van der Waals surface area contributed by atoms with E-state index in [9.17, 15) is 0 Å². The van der Waals surface area contributed by atoms with E-state index in [1.807, 2.05) is 0 Å². The second-order valence-corrected chi connectivity index (χ2v) is 8.05. The van der Waals surface area contributed by atoms with E-state index in [2.05, 4.69) is 42.3 Å². The summed E-state index contributed by atoms with van der Waals surface area (Å²) in [6.07, 6.45) is 26.9. The van der Waals surface area contributed by atoms with Gasteiger partial charge < -0.3 is 0 Å². The van der Waals surface area contributed by atoms with Gasteiger partial charge in [0, 0.05) is 6.42 Å². The highest BCUT2D eigenvalue weighted by molar-refractivity contribution is 4.82. The Labute approximate surface area is 164 Å². The van der Waals surface area contributed by atoms with Gasteiger partial charge in [-0.2, -0.15) is 0 Å². The lowest BCUT2D eigenvalue weighted by molar-refractivity contribution is -0.704. The SMILES string of the molecule is CCCCCCCCCCCCCCC[n+]1ccn(CCCC)c1CC. The van der Waals surface area contributed by atoms with Crippen LogP contribution in [0.4, 0.5) is 0 Å². The zero-order valence-electron chi connectivity index (χ0n) is 18.3. The Bertz CT molecular complexity index is 422. The largest absolute Gasteiger partial charge is 0.256 e. The third-order valence-electron chi connectivity index (χ3n) is 5.66. The minimum atomic E-state index is 1.15. The van der Waals surface area contributed by atoms with E-state index in [4.69, 9.17) is 0 Å². The van der Waals surface area contributed by atoms with Crippen molar-refractivity contribution in [2.24, 2.45) is 0 Å². The van der Waals surface area contributed by atoms with Crippen LogP contribution in [0.25, 0.3) is 0 Å². The van der Waals surface area contributed by atoms with Gasteiger partial charge >= 0.3 is 0 Å². The maximum atomic E-state index is 2.49. The first-order valence-electron chi connectivity index (χ1n) is 11.9.